The van der Waals surface area contributed by atoms with Crippen LogP contribution in [0.2, 0.25) is 0 Å². The number of esters is 2. The maximum Gasteiger partial charge on any atom is 0.508 e. The minimum Gasteiger partial charge on any atom is -0.480 e. The van der Waals surface area contributed by atoms with Gasteiger partial charge in [-0.05, 0) is 56.2 Å². The van der Waals surface area contributed by atoms with Gasteiger partial charge in [0.05, 0.1) is 18.4 Å². The van der Waals surface area contributed by atoms with E-state index in [1.54, 1.807) is 26.8 Å². The Balaban J connectivity index is 3.30. The van der Waals surface area contributed by atoms with Crippen LogP contribution in [0.4, 0.5) is 4.79 Å². The van der Waals surface area contributed by atoms with Crippen LogP contribution in [0.3, 0.4) is 0 Å². The van der Waals surface area contributed by atoms with Gasteiger partial charge in [-0.25, -0.2) is 4.79 Å². The molecule has 5 atom stereocenters. The van der Waals surface area contributed by atoms with Crippen molar-refractivity contribution in [1.29, 1.82) is 0 Å². The average molecular weight is 566 g/mol. The van der Waals surface area contributed by atoms with E-state index < -0.39 is 48.0 Å². The third-order valence-electron chi connectivity index (χ3n) is 6.58. The second-order valence-corrected chi connectivity index (χ2v) is 10.8. The largest absolute Gasteiger partial charge is 0.508 e. The lowest BCUT2D eigenvalue weighted by molar-refractivity contribution is -0.141. The van der Waals surface area contributed by atoms with E-state index in [0.717, 1.165) is 12.8 Å². The van der Waals surface area contributed by atoms with Gasteiger partial charge in [-0.2, -0.15) is 0 Å². The minimum atomic E-state index is -1.36. The molecule has 1 aromatic rings. The van der Waals surface area contributed by atoms with Gasteiger partial charge in [-0.1, -0.05) is 60.5 Å². The van der Waals surface area contributed by atoms with Crippen LogP contribution < -0.4 is 15.2 Å². The van der Waals surface area contributed by atoms with Gasteiger partial charge in [0.15, 0.2) is 11.5 Å². The Kier molecular flexibility index (Phi) is 15.3. The molecular weight excluding hydrogens is 518 g/mol. The van der Waals surface area contributed by atoms with Crippen LogP contribution in [0.15, 0.2) is 18.2 Å². The zero-order chi connectivity index (χ0) is 30.4. The number of benzene rings is 1. The number of hydrogen-bond donors (Lipinski definition) is 2. The van der Waals surface area contributed by atoms with E-state index in [0.29, 0.717) is 30.7 Å². The molecule has 0 bridgehead atoms. The van der Waals surface area contributed by atoms with Crippen molar-refractivity contribution in [1.82, 2.24) is 0 Å². The first-order valence-corrected chi connectivity index (χ1v) is 14.2. The molecule has 0 spiro atoms. The van der Waals surface area contributed by atoms with E-state index in [2.05, 4.69) is 0 Å². The lowest BCUT2D eigenvalue weighted by Gasteiger charge is -2.25. The van der Waals surface area contributed by atoms with E-state index >= 15 is 0 Å². The van der Waals surface area contributed by atoms with Crippen molar-refractivity contribution in [2.75, 3.05) is 6.61 Å². The predicted molar refractivity (Wildman–Crippen MR) is 150 cm³/mol. The normalized spacial score (nSPS) is 14.9. The van der Waals surface area contributed by atoms with Crippen LogP contribution >= 0.6 is 0 Å². The topological polar surface area (TPSA) is 151 Å². The van der Waals surface area contributed by atoms with Gasteiger partial charge in [0.1, 0.15) is 12.1 Å². The van der Waals surface area contributed by atoms with E-state index in [9.17, 15) is 24.3 Å². The van der Waals surface area contributed by atoms with Gasteiger partial charge in [-0.15, -0.1) is 0 Å². The molecular formula is C30H47NO9. The molecule has 3 N–H and O–H groups in total. The maximum absolute atomic E-state index is 12.8. The lowest BCUT2D eigenvalue weighted by atomic mass is 9.87. The highest BCUT2D eigenvalue weighted by molar-refractivity contribution is 5.79. The smallest absolute Gasteiger partial charge is 0.480 e. The second-order valence-electron chi connectivity index (χ2n) is 10.8. The quantitative estimate of drug-likeness (QED) is 0.174. The molecule has 0 amide bonds. The standard InChI is InChI=1S/C30H47NO9/c1-8-10-19(5)28(34)39-24-13-12-22(17-25(24)40-29(35)20(6)11-9-2)23(26(31)27(32)33)16-21(7)38-30(36)37-15-14-18(3)4/h12-13,17-21,23,26H,8-11,14-16,31H2,1-7H3,(H,32,33)/t19?,20?,21?,23?,26-/m0/s1. The van der Waals surface area contributed by atoms with Crippen molar-refractivity contribution in [2.24, 2.45) is 23.5 Å². The fourth-order valence-electron chi connectivity index (χ4n) is 4.08. The van der Waals surface area contributed by atoms with Crippen LogP contribution in [0, 0.1) is 17.8 Å². The van der Waals surface area contributed by atoms with Gasteiger partial charge < -0.3 is 29.8 Å². The summed E-state index contributed by atoms with van der Waals surface area (Å²) in [7, 11) is 0. The number of ether oxygens (including phenoxy) is 4. The van der Waals surface area contributed by atoms with Gasteiger partial charge in [0.25, 0.3) is 0 Å². The van der Waals surface area contributed by atoms with E-state index in [-0.39, 0.29) is 30.4 Å². The summed E-state index contributed by atoms with van der Waals surface area (Å²) in [6.07, 6.45) is 1.97. The number of carboxylic acid groups (broad SMARTS) is 1. The van der Waals surface area contributed by atoms with Gasteiger partial charge in [0.2, 0.25) is 0 Å². The summed E-state index contributed by atoms with van der Waals surface area (Å²) >= 11 is 0. The lowest BCUT2D eigenvalue weighted by Crippen LogP contribution is -2.38. The molecule has 0 saturated heterocycles. The van der Waals surface area contributed by atoms with Crippen LogP contribution in [-0.2, 0) is 23.9 Å². The highest BCUT2D eigenvalue weighted by Gasteiger charge is 2.31. The van der Waals surface area contributed by atoms with Crippen LogP contribution in [-0.4, -0.2) is 47.9 Å². The molecule has 40 heavy (non-hydrogen) atoms. The number of carbonyl (C=O) groups excluding carboxylic acids is 3. The zero-order valence-corrected chi connectivity index (χ0v) is 24.9. The van der Waals surface area contributed by atoms with Crippen molar-refractivity contribution < 1.29 is 43.2 Å². The van der Waals surface area contributed by atoms with Gasteiger partial charge >= 0.3 is 24.1 Å². The molecule has 10 nitrogen and oxygen atoms in total. The fraction of sp³-hybridized carbons (Fsp3) is 0.667. The summed E-state index contributed by atoms with van der Waals surface area (Å²) in [5.74, 6) is -3.42. The summed E-state index contributed by atoms with van der Waals surface area (Å²) < 4.78 is 21.7. The Morgan fingerprint density at radius 2 is 1.40 bits per heavy atom. The molecule has 0 aromatic heterocycles. The van der Waals surface area contributed by atoms with Crippen molar-refractivity contribution in [2.45, 2.75) is 105 Å². The Morgan fingerprint density at radius 1 is 0.850 bits per heavy atom. The first-order valence-electron chi connectivity index (χ1n) is 14.2. The molecule has 4 unspecified atom stereocenters. The maximum atomic E-state index is 12.8. The number of carboxylic acids is 1. The molecule has 0 aliphatic carbocycles. The second kappa shape index (κ2) is 17.5. The van der Waals surface area contributed by atoms with Crippen LogP contribution in [0.25, 0.3) is 0 Å². The molecule has 1 rings (SSSR count). The Hall–Kier alpha value is -3.14. The SMILES string of the molecule is CCCC(C)C(=O)Oc1ccc(C(CC(C)OC(=O)OCCC(C)C)[C@H](N)C(=O)O)cc1OC(=O)C(C)CCC. The van der Waals surface area contributed by atoms with Crippen molar-refractivity contribution in [3.63, 3.8) is 0 Å². The molecule has 0 aliphatic rings. The molecule has 226 valence electrons. The number of nitrogens with two attached hydrogens (primary N) is 1. The van der Waals surface area contributed by atoms with Crippen molar-refractivity contribution in [3.8, 4) is 11.5 Å². The zero-order valence-electron chi connectivity index (χ0n) is 24.9. The minimum absolute atomic E-state index is 0.00763. The number of rotatable bonds is 17. The number of carbonyl (C=O) groups is 4. The molecule has 10 heteroatoms. The summed E-state index contributed by atoms with van der Waals surface area (Å²) in [6.45, 7) is 13.2. The highest BCUT2D eigenvalue weighted by Crippen LogP contribution is 2.35. The first-order chi connectivity index (χ1) is 18.8. The summed E-state index contributed by atoms with van der Waals surface area (Å²) in [5.41, 5.74) is 6.47. The van der Waals surface area contributed by atoms with E-state index in [1.807, 2.05) is 27.7 Å². The summed E-state index contributed by atoms with van der Waals surface area (Å²) in [6, 6.07) is 3.14. The molecule has 0 fully saturated rings. The van der Waals surface area contributed by atoms with Crippen molar-refractivity contribution in [3.05, 3.63) is 23.8 Å². The number of hydrogen-bond acceptors (Lipinski definition) is 9. The average Bonchev–Trinajstić information content (AvgIpc) is 2.87. The van der Waals surface area contributed by atoms with E-state index in [1.165, 1.54) is 12.1 Å². The molecule has 0 aliphatic heterocycles. The molecule has 0 saturated carbocycles. The highest BCUT2D eigenvalue weighted by atomic mass is 16.7. The first kappa shape index (κ1) is 34.9. The summed E-state index contributed by atoms with van der Waals surface area (Å²) in [5, 5.41) is 9.70. The molecule has 0 radical (unpaired) electrons. The molecule has 0 heterocycles. The third-order valence-corrected chi connectivity index (χ3v) is 6.58. The monoisotopic (exact) mass is 565 g/mol. The Labute approximate surface area is 237 Å². The van der Waals surface area contributed by atoms with Crippen LogP contribution in [0.1, 0.15) is 98.5 Å². The Morgan fingerprint density at radius 3 is 1.90 bits per heavy atom. The van der Waals surface area contributed by atoms with Crippen LogP contribution in [0.5, 0.6) is 11.5 Å². The third kappa shape index (κ3) is 11.9. The molecule has 1 aromatic carbocycles. The van der Waals surface area contributed by atoms with Crippen molar-refractivity contribution >= 4 is 24.1 Å². The Bertz CT molecular complexity index is 978. The predicted octanol–water partition coefficient (Wildman–Crippen LogP) is 5.84. The van der Waals surface area contributed by atoms with Gasteiger partial charge in [-0.3, -0.25) is 14.4 Å². The van der Waals surface area contributed by atoms with Gasteiger partial charge in [0, 0.05) is 5.92 Å². The summed E-state index contributed by atoms with van der Waals surface area (Å²) in [4.78, 5) is 49.4. The van der Waals surface area contributed by atoms with E-state index in [4.69, 9.17) is 24.7 Å². The number of aliphatic carboxylic acids is 1. The fourth-order valence-corrected chi connectivity index (χ4v) is 4.08.